The fourth-order valence-electron chi connectivity index (χ4n) is 3.33. The molecule has 1 aliphatic rings. The second-order valence-electron chi connectivity index (χ2n) is 6.63. The lowest BCUT2D eigenvalue weighted by molar-refractivity contribution is -0.144. The van der Waals surface area contributed by atoms with Gasteiger partial charge in [0.15, 0.2) is 0 Å². The smallest absolute Gasteiger partial charge is 0.332 e. The maximum Gasteiger partial charge on any atom is 0.332 e. The first-order valence-electron chi connectivity index (χ1n) is 8.99. The van der Waals surface area contributed by atoms with E-state index in [1.165, 1.54) is 9.80 Å². The van der Waals surface area contributed by atoms with Gasteiger partial charge in [0.25, 0.3) is 5.91 Å². The molecule has 1 saturated heterocycles. The molecule has 1 unspecified atom stereocenters. The van der Waals surface area contributed by atoms with Gasteiger partial charge < -0.3 is 9.64 Å². The predicted octanol–water partition coefficient (Wildman–Crippen LogP) is 3.69. The summed E-state index contributed by atoms with van der Waals surface area (Å²) in [5, 5.41) is 0. The molecule has 0 bridgehead atoms. The van der Waals surface area contributed by atoms with Gasteiger partial charge in [-0.1, -0.05) is 36.4 Å². The Morgan fingerprint density at radius 1 is 1.26 bits per heavy atom. The molecule has 0 aromatic heterocycles. The van der Waals surface area contributed by atoms with Crippen LogP contribution in [-0.2, 0) is 14.3 Å². The van der Waals surface area contributed by atoms with Gasteiger partial charge in [-0.25, -0.2) is 9.69 Å². The SMILES string of the molecule is C=CCC1(CCC(=O)OCC)C(=O)N(c2ccccc2)C(=O)N1CC(=C)C. The van der Waals surface area contributed by atoms with E-state index in [4.69, 9.17) is 4.74 Å². The van der Waals surface area contributed by atoms with Crippen LogP contribution in [0, 0.1) is 0 Å². The second-order valence-corrected chi connectivity index (χ2v) is 6.63. The highest BCUT2D eigenvalue weighted by atomic mass is 16.5. The number of ether oxygens (including phenoxy) is 1. The summed E-state index contributed by atoms with van der Waals surface area (Å²) in [6.07, 6.45) is 2.05. The van der Waals surface area contributed by atoms with Crippen LogP contribution >= 0.6 is 0 Å². The highest BCUT2D eigenvalue weighted by Gasteiger charge is 2.56. The van der Waals surface area contributed by atoms with E-state index in [0.29, 0.717) is 5.69 Å². The molecule has 6 nitrogen and oxygen atoms in total. The third-order valence-corrected chi connectivity index (χ3v) is 4.51. The van der Waals surface area contributed by atoms with Crippen LogP contribution in [0.25, 0.3) is 0 Å². The van der Waals surface area contributed by atoms with Gasteiger partial charge in [-0.3, -0.25) is 9.59 Å². The Bertz CT molecular complexity index is 744. The Balaban J connectivity index is 2.46. The first-order chi connectivity index (χ1) is 12.9. The van der Waals surface area contributed by atoms with Crippen molar-refractivity contribution in [3.63, 3.8) is 0 Å². The van der Waals surface area contributed by atoms with Crippen molar-refractivity contribution in [1.82, 2.24) is 4.90 Å². The quantitative estimate of drug-likeness (QED) is 0.378. The van der Waals surface area contributed by atoms with Gasteiger partial charge in [-0.2, -0.15) is 0 Å². The minimum absolute atomic E-state index is 0.0377. The third kappa shape index (κ3) is 4.10. The summed E-state index contributed by atoms with van der Waals surface area (Å²) < 4.78 is 5.00. The van der Waals surface area contributed by atoms with Crippen LogP contribution in [0.15, 0.2) is 55.1 Å². The monoisotopic (exact) mass is 370 g/mol. The van der Waals surface area contributed by atoms with E-state index in [0.717, 1.165) is 5.57 Å². The number of nitrogens with zero attached hydrogens (tertiary/aromatic N) is 2. The van der Waals surface area contributed by atoms with Crippen LogP contribution in [-0.4, -0.2) is 41.5 Å². The fourth-order valence-corrected chi connectivity index (χ4v) is 3.33. The van der Waals surface area contributed by atoms with Gasteiger partial charge in [-0.05, 0) is 38.8 Å². The first-order valence-corrected chi connectivity index (χ1v) is 8.99. The van der Waals surface area contributed by atoms with Crippen molar-refractivity contribution in [2.45, 2.75) is 38.6 Å². The number of hydrogen-bond donors (Lipinski definition) is 0. The molecule has 144 valence electrons. The van der Waals surface area contributed by atoms with E-state index >= 15 is 0 Å². The molecular formula is C21H26N2O4. The lowest BCUT2D eigenvalue weighted by Crippen LogP contribution is -2.50. The number of carbonyl (C=O) groups is 3. The molecule has 0 N–H and O–H groups in total. The van der Waals surface area contributed by atoms with Crippen LogP contribution in [0.1, 0.15) is 33.1 Å². The average Bonchev–Trinajstić information content (AvgIpc) is 2.82. The van der Waals surface area contributed by atoms with Crippen molar-refractivity contribution in [3.8, 4) is 0 Å². The number of esters is 1. The van der Waals surface area contributed by atoms with Crippen LogP contribution in [0.2, 0.25) is 0 Å². The largest absolute Gasteiger partial charge is 0.466 e. The molecular weight excluding hydrogens is 344 g/mol. The van der Waals surface area contributed by atoms with Crippen molar-refractivity contribution >= 4 is 23.6 Å². The Labute approximate surface area is 160 Å². The Hall–Kier alpha value is -2.89. The summed E-state index contributed by atoms with van der Waals surface area (Å²) in [5.41, 5.74) is 0.0670. The highest BCUT2D eigenvalue weighted by Crippen LogP contribution is 2.38. The minimum atomic E-state index is -1.18. The molecule has 6 heteroatoms. The fraction of sp³-hybridized carbons (Fsp3) is 0.381. The van der Waals surface area contributed by atoms with Crippen LogP contribution < -0.4 is 4.90 Å². The van der Waals surface area contributed by atoms with Gasteiger partial charge in [-0.15, -0.1) is 6.58 Å². The van der Waals surface area contributed by atoms with E-state index in [2.05, 4.69) is 13.2 Å². The second kappa shape index (κ2) is 8.66. The molecule has 0 spiro atoms. The minimum Gasteiger partial charge on any atom is -0.466 e. The lowest BCUT2D eigenvalue weighted by atomic mass is 9.87. The van der Waals surface area contributed by atoms with Gasteiger partial charge >= 0.3 is 12.0 Å². The zero-order chi connectivity index (χ0) is 20.0. The molecule has 1 heterocycles. The van der Waals surface area contributed by atoms with Gasteiger partial charge in [0.05, 0.1) is 12.3 Å². The van der Waals surface area contributed by atoms with Crippen LogP contribution in [0.3, 0.4) is 0 Å². The number of anilines is 1. The molecule has 0 radical (unpaired) electrons. The zero-order valence-corrected chi connectivity index (χ0v) is 15.9. The summed E-state index contributed by atoms with van der Waals surface area (Å²) >= 11 is 0. The number of benzene rings is 1. The Kier molecular flexibility index (Phi) is 6.55. The predicted molar refractivity (Wildman–Crippen MR) is 104 cm³/mol. The van der Waals surface area contributed by atoms with E-state index < -0.39 is 17.5 Å². The molecule has 1 atom stereocenters. The number of urea groups is 1. The summed E-state index contributed by atoms with van der Waals surface area (Å²) in [4.78, 5) is 41.2. The van der Waals surface area contributed by atoms with E-state index in [9.17, 15) is 14.4 Å². The maximum atomic E-state index is 13.4. The molecule has 1 fully saturated rings. The number of carbonyl (C=O) groups excluding carboxylic acids is 3. The summed E-state index contributed by atoms with van der Waals surface area (Å²) in [6.45, 7) is 11.7. The zero-order valence-electron chi connectivity index (χ0n) is 15.9. The third-order valence-electron chi connectivity index (χ3n) is 4.51. The maximum absolute atomic E-state index is 13.4. The van der Waals surface area contributed by atoms with Crippen molar-refractivity contribution in [1.29, 1.82) is 0 Å². The Morgan fingerprint density at radius 2 is 1.93 bits per heavy atom. The van der Waals surface area contributed by atoms with Gasteiger partial charge in [0.2, 0.25) is 0 Å². The normalized spacial score (nSPS) is 19.3. The standard InChI is InChI=1S/C21H26N2O4/c1-5-13-21(14-12-18(24)27-6-2)19(25)23(17-10-8-7-9-11-17)20(26)22(21)15-16(3)4/h5,7-11H,1,3,6,12-15H2,2,4H3. The topological polar surface area (TPSA) is 66.9 Å². The molecule has 0 aliphatic carbocycles. The summed E-state index contributed by atoms with van der Waals surface area (Å²) in [7, 11) is 0. The molecule has 1 aromatic carbocycles. The van der Waals surface area contributed by atoms with Gasteiger partial charge in [0, 0.05) is 13.0 Å². The number of imide groups is 1. The number of hydrogen-bond acceptors (Lipinski definition) is 4. The lowest BCUT2D eigenvalue weighted by Gasteiger charge is -2.34. The summed E-state index contributed by atoms with van der Waals surface area (Å²) in [5.74, 6) is -0.751. The highest BCUT2D eigenvalue weighted by molar-refractivity contribution is 6.23. The number of para-hydroxylation sites is 1. The molecule has 0 saturated carbocycles. The molecule has 1 aromatic rings. The Morgan fingerprint density at radius 3 is 2.48 bits per heavy atom. The molecule has 27 heavy (non-hydrogen) atoms. The molecule has 1 aliphatic heterocycles. The average molecular weight is 370 g/mol. The van der Waals surface area contributed by atoms with Gasteiger partial charge in [0.1, 0.15) is 5.54 Å². The van der Waals surface area contributed by atoms with Crippen LogP contribution in [0.4, 0.5) is 10.5 Å². The van der Waals surface area contributed by atoms with Crippen molar-refractivity contribution in [2.24, 2.45) is 0 Å². The summed E-state index contributed by atoms with van der Waals surface area (Å²) in [6, 6.07) is 8.36. The van der Waals surface area contributed by atoms with Crippen molar-refractivity contribution in [3.05, 3.63) is 55.1 Å². The molecule has 2 rings (SSSR count). The van der Waals surface area contributed by atoms with Crippen molar-refractivity contribution in [2.75, 3.05) is 18.1 Å². The van der Waals surface area contributed by atoms with Crippen molar-refractivity contribution < 1.29 is 19.1 Å². The number of rotatable bonds is 9. The van der Waals surface area contributed by atoms with E-state index in [1.807, 2.05) is 6.07 Å². The number of amides is 3. The van der Waals surface area contributed by atoms with E-state index in [1.54, 1.807) is 44.2 Å². The van der Waals surface area contributed by atoms with Crippen LogP contribution in [0.5, 0.6) is 0 Å². The van der Waals surface area contributed by atoms with E-state index in [-0.39, 0.29) is 38.3 Å². The first kappa shape index (κ1) is 20.4. The molecule has 3 amide bonds.